The first-order valence-electron chi connectivity index (χ1n) is 7.69. The van der Waals surface area contributed by atoms with E-state index < -0.39 is 0 Å². The van der Waals surface area contributed by atoms with Gasteiger partial charge in [-0.3, -0.25) is 4.79 Å². The standard InChI is InChI=1S/C17H18N2O/c20-17(18-16-9-19-5-3-10(16)4-6-19)13-2-1-12-14-7-11(14)8-15(12)13/h1-2,8,10,16H,3-7,9H2,(H,18,20)/t16-/m0/s1. The van der Waals surface area contributed by atoms with Crippen LogP contribution in [-0.4, -0.2) is 36.5 Å². The third kappa shape index (κ3) is 1.47. The molecule has 3 aliphatic heterocycles. The highest BCUT2D eigenvalue weighted by Gasteiger charge is 2.38. The lowest BCUT2D eigenvalue weighted by atomic mass is 9.84. The normalized spacial score (nSPS) is 36.2. The molecule has 3 heteroatoms. The van der Waals surface area contributed by atoms with Crippen molar-refractivity contribution in [3.63, 3.8) is 0 Å². The molecule has 0 aromatic heterocycles. The largest absolute Gasteiger partial charge is 0.348 e. The Hall–Kier alpha value is -1.61. The Morgan fingerprint density at radius 1 is 1.20 bits per heavy atom. The first kappa shape index (κ1) is 11.1. The van der Waals surface area contributed by atoms with E-state index in [-0.39, 0.29) is 5.91 Å². The predicted octanol–water partition coefficient (Wildman–Crippen LogP) is 1.70. The number of hydrogen-bond acceptors (Lipinski definition) is 2. The number of carbonyl (C=O) groups excluding carboxylic acids is 1. The van der Waals surface area contributed by atoms with Crippen LogP contribution in [0.3, 0.4) is 0 Å². The Balaban J connectivity index is 1.37. The fourth-order valence-electron chi connectivity index (χ4n) is 4.21. The number of allylic oxidation sites excluding steroid dienone is 6. The summed E-state index contributed by atoms with van der Waals surface area (Å²) in [5.74, 6) is 0.817. The Morgan fingerprint density at radius 2 is 2.05 bits per heavy atom. The van der Waals surface area contributed by atoms with Crippen LogP contribution in [0.2, 0.25) is 0 Å². The second-order valence-corrected chi connectivity index (χ2v) is 6.62. The monoisotopic (exact) mass is 266 g/mol. The van der Waals surface area contributed by atoms with E-state index in [4.69, 9.17) is 0 Å². The minimum Gasteiger partial charge on any atom is -0.348 e. The summed E-state index contributed by atoms with van der Waals surface area (Å²) in [6, 6.07) is 0.354. The van der Waals surface area contributed by atoms with Crippen LogP contribution in [0, 0.1) is 5.92 Å². The summed E-state index contributed by atoms with van der Waals surface area (Å²) < 4.78 is 0. The molecular weight excluding hydrogens is 248 g/mol. The number of hydrogen-bond donors (Lipinski definition) is 1. The van der Waals surface area contributed by atoms with Gasteiger partial charge in [-0.2, -0.15) is 0 Å². The van der Waals surface area contributed by atoms with Gasteiger partial charge in [0.25, 0.3) is 5.91 Å². The maximum atomic E-state index is 12.6. The number of nitrogens with one attached hydrogen (secondary N) is 1. The van der Waals surface area contributed by atoms with E-state index in [1.165, 1.54) is 48.2 Å². The van der Waals surface area contributed by atoms with Crippen molar-refractivity contribution in [3.05, 3.63) is 46.1 Å². The van der Waals surface area contributed by atoms with Crippen LogP contribution in [0.1, 0.15) is 19.3 Å². The van der Waals surface area contributed by atoms with Crippen molar-refractivity contribution in [2.45, 2.75) is 25.3 Å². The molecular formula is C17H18N2O. The van der Waals surface area contributed by atoms with E-state index in [0.29, 0.717) is 12.0 Å². The van der Waals surface area contributed by atoms with Crippen molar-refractivity contribution < 1.29 is 4.79 Å². The summed E-state index contributed by atoms with van der Waals surface area (Å²) in [6.45, 7) is 3.47. The molecule has 3 nitrogen and oxygen atoms in total. The highest BCUT2D eigenvalue weighted by Crippen LogP contribution is 2.51. The van der Waals surface area contributed by atoms with Crippen molar-refractivity contribution in [1.82, 2.24) is 10.2 Å². The summed E-state index contributed by atoms with van der Waals surface area (Å²) in [5, 5.41) is 3.29. The van der Waals surface area contributed by atoms with E-state index in [0.717, 1.165) is 18.5 Å². The van der Waals surface area contributed by atoms with Crippen molar-refractivity contribution in [3.8, 4) is 0 Å². The molecule has 0 radical (unpaired) electrons. The summed E-state index contributed by atoms with van der Waals surface area (Å²) >= 11 is 0. The first-order chi connectivity index (χ1) is 9.79. The highest BCUT2D eigenvalue weighted by molar-refractivity contribution is 6.02. The van der Waals surface area contributed by atoms with Gasteiger partial charge in [0.2, 0.25) is 0 Å². The fraction of sp³-hybridized carbons (Fsp3) is 0.471. The topological polar surface area (TPSA) is 32.3 Å². The van der Waals surface area contributed by atoms with Crippen molar-refractivity contribution in [2.75, 3.05) is 19.6 Å². The molecule has 20 heavy (non-hydrogen) atoms. The number of carbonyl (C=O) groups is 1. The Labute approximate surface area is 118 Å². The number of piperidine rings is 3. The van der Waals surface area contributed by atoms with Crippen molar-refractivity contribution >= 4 is 5.91 Å². The summed E-state index contributed by atoms with van der Waals surface area (Å²) in [7, 11) is 0. The zero-order valence-electron chi connectivity index (χ0n) is 11.5. The average Bonchev–Trinajstić information content (AvgIpc) is 2.95. The molecule has 3 aliphatic carbocycles. The molecule has 1 amide bonds. The summed E-state index contributed by atoms with van der Waals surface area (Å²) in [4.78, 5) is 15.0. The molecule has 0 spiro atoms. The lowest BCUT2D eigenvalue weighted by molar-refractivity contribution is -0.119. The molecule has 3 heterocycles. The van der Waals surface area contributed by atoms with Crippen molar-refractivity contribution in [1.29, 1.82) is 0 Å². The van der Waals surface area contributed by atoms with Gasteiger partial charge in [-0.15, -0.1) is 0 Å². The van der Waals surface area contributed by atoms with E-state index in [9.17, 15) is 4.79 Å². The summed E-state index contributed by atoms with van der Waals surface area (Å²) in [5.41, 5.74) is 6.25. The van der Waals surface area contributed by atoms with Gasteiger partial charge in [0.1, 0.15) is 0 Å². The number of nitrogens with zero attached hydrogens (tertiary/aromatic N) is 1. The molecule has 2 bridgehead atoms. The number of amides is 1. The Morgan fingerprint density at radius 3 is 2.80 bits per heavy atom. The molecule has 102 valence electrons. The maximum Gasteiger partial charge on any atom is 0.252 e. The van der Waals surface area contributed by atoms with Crippen LogP contribution in [0.15, 0.2) is 46.1 Å². The second kappa shape index (κ2) is 3.73. The van der Waals surface area contributed by atoms with E-state index in [2.05, 4.69) is 22.4 Å². The third-order valence-corrected chi connectivity index (χ3v) is 5.49. The van der Waals surface area contributed by atoms with Crippen LogP contribution < -0.4 is 5.32 Å². The first-order valence-corrected chi connectivity index (χ1v) is 7.69. The van der Waals surface area contributed by atoms with Gasteiger partial charge < -0.3 is 10.2 Å². The molecule has 0 unspecified atom stereocenters. The van der Waals surface area contributed by atoms with Gasteiger partial charge in [-0.1, -0.05) is 6.08 Å². The molecule has 4 fully saturated rings. The van der Waals surface area contributed by atoms with Gasteiger partial charge in [0.05, 0.1) is 0 Å². The van der Waals surface area contributed by atoms with E-state index >= 15 is 0 Å². The molecule has 0 aromatic rings. The minimum absolute atomic E-state index is 0.128. The lowest BCUT2D eigenvalue weighted by Gasteiger charge is -2.44. The van der Waals surface area contributed by atoms with Gasteiger partial charge in [0.15, 0.2) is 0 Å². The number of rotatable bonds is 2. The second-order valence-electron chi connectivity index (χ2n) is 6.62. The molecule has 0 aromatic carbocycles. The Bertz CT molecular complexity index is 642. The van der Waals surface area contributed by atoms with Crippen LogP contribution in [0.4, 0.5) is 0 Å². The summed E-state index contributed by atoms with van der Waals surface area (Å²) in [6.07, 6.45) is 9.94. The van der Waals surface area contributed by atoms with Crippen LogP contribution in [-0.2, 0) is 4.79 Å². The van der Waals surface area contributed by atoms with Crippen LogP contribution >= 0.6 is 0 Å². The molecule has 1 N–H and O–H groups in total. The van der Waals surface area contributed by atoms with Crippen LogP contribution in [0.25, 0.3) is 0 Å². The van der Waals surface area contributed by atoms with Gasteiger partial charge in [0, 0.05) is 18.2 Å². The SMILES string of the molecule is O=C(N[C@H]1CN2CCC1CC2)C1=C2C=C3CC3=C2C=C1. The van der Waals surface area contributed by atoms with Crippen molar-refractivity contribution in [2.24, 2.45) is 5.92 Å². The highest BCUT2D eigenvalue weighted by atomic mass is 16.1. The van der Waals surface area contributed by atoms with Gasteiger partial charge in [-0.25, -0.2) is 0 Å². The van der Waals surface area contributed by atoms with Gasteiger partial charge >= 0.3 is 0 Å². The average molecular weight is 266 g/mol. The maximum absolute atomic E-state index is 12.6. The smallest absolute Gasteiger partial charge is 0.252 e. The van der Waals surface area contributed by atoms with E-state index in [1.807, 2.05) is 6.08 Å². The quantitative estimate of drug-likeness (QED) is 0.825. The Kier molecular flexibility index (Phi) is 2.07. The zero-order chi connectivity index (χ0) is 13.3. The fourth-order valence-corrected chi connectivity index (χ4v) is 4.21. The molecule has 6 rings (SSSR count). The van der Waals surface area contributed by atoms with Gasteiger partial charge in [-0.05, 0) is 72.7 Å². The van der Waals surface area contributed by atoms with Crippen LogP contribution in [0.5, 0.6) is 0 Å². The molecule has 1 atom stereocenters. The predicted molar refractivity (Wildman–Crippen MR) is 77.0 cm³/mol. The molecule has 3 saturated heterocycles. The molecule has 6 aliphatic rings. The third-order valence-electron chi connectivity index (χ3n) is 5.49. The number of fused-ring (bicyclic) bond motifs is 5. The minimum atomic E-state index is 0.128. The molecule has 1 saturated carbocycles. The van der Waals surface area contributed by atoms with E-state index in [1.54, 1.807) is 0 Å². The zero-order valence-corrected chi connectivity index (χ0v) is 11.5. The lowest BCUT2D eigenvalue weighted by Crippen LogP contribution is -2.57.